The van der Waals surface area contributed by atoms with Crippen LogP contribution in [-0.4, -0.2) is 21.9 Å². The van der Waals surface area contributed by atoms with E-state index in [1.165, 1.54) is 18.7 Å². The van der Waals surface area contributed by atoms with E-state index >= 15 is 0 Å². The molecule has 24 heavy (non-hydrogen) atoms. The Hall–Kier alpha value is -1.91. The summed E-state index contributed by atoms with van der Waals surface area (Å²) in [5.74, 6) is 1.33. The summed E-state index contributed by atoms with van der Waals surface area (Å²) >= 11 is 0. The van der Waals surface area contributed by atoms with Crippen LogP contribution in [0.3, 0.4) is 0 Å². The molecule has 4 atom stereocenters. The molecule has 2 heterocycles. The molecule has 0 unspecified atom stereocenters. The first-order chi connectivity index (χ1) is 11.3. The van der Waals surface area contributed by atoms with Gasteiger partial charge in [0.05, 0.1) is 5.39 Å². The molecular formula is C19H24FN3O. The highest BCUT2D eigenvalue weighted by Gasteiger charge is 2.56. The van der Waals surface area contributed by atoms with Crippen LogP contribution in [0.2, 0.25) is 0 Å². The van der Waals surface area contributed by atoms with Gasteiger partial charge < -0.3 is 10.3 Å². The van der Waals surface area contributed by atoms with E-state index in [2.05, 4.69) is 36.1 Å². The number of hydrogen-bond donors (Lipinski definition) is 2. The van der Waals surface area contributed by atoms with Crippen LogP contribution in [0.4, 0.5) is 4.39 Å². The van der Waals surface area contributed by atoms with Gasteiger partial charge in [-0.05, 0) is 54.6 Å². The van der Waals surface area contributed by atoms with Crippen molar-refractivity contribution < 1.29 is 9.18 Å². The second-order valence-electron chi connectivity index (χ2n) is 8.18. The number of aryl methyl sites for hydroxylation is 1. The van der Waals surface area contributed by atoms with Crippen molar-refractivity contribution in [3.8, 4) is 0 Å². The van der Waals surface area contributed by atoms with Gasteiger partial charge in [0, 0.05) is 12.2 Å². The first-order valence-electron chi connectivity index (χ1n) is 8.74. The van der Waals surface area contributed by atoms with Crippen molar-refractivity contribution in [3.63, 3.8) is 0 Å². The van der Waals surface area contributed by atoms with E-state index in [1.54, 1.807) is 6.92 Å². The number of carbonyl (C=O) groups is 1. The average Bonchev–Trinajstić information content (AvgIpc) is 2.87. The predicted octanol–water partition coefficient (Wildman–Crippen LogP) is 3.81. The molecule has 4 nitrogen and oxygen atoms in total. The molecule has 2 N–H and O–H groups in total. The molecule has 0 radical (unpaired) electrons. The Bertz CT molecular complexity index is 825. The number of nitrogens with zero attached hydrogens (tertiary/aromatic N) is 1. The predicted molar refractivity (Wildman–Crippen MR) is 91.2 cm³/mol. The molecule has 0 aliphatic heterocycles. The lowest BCUT2D eigenvalue weighted by Gasteiger charge is -2.62. The van der Waals surface area contributed by atoms with Crippen molar-refractivity contribution in [1.82, 2.24) is 15.3 Å². The van der Waals surface area contributed by atoms with Gasteiger partial charge >= 0.3 is 0 Å². The van der Waals surface area contributed by atoms with E-state index in [0.717, 1.165) is 6.42 Å². The molecule has 5 heteroatoms. The van der Waals surface area contributed by atoms with E-state index in [1.807, 2.05) is 0 Å². The Kier molecular flexibility index (Phi) is 3.28. The van der Waals surface area contributed by atoms with Crippen molar-refractivity contribution in [2.75, 3.05) is 0 Å². The Balaban J connectivity index is 1.58. The summed E-state index contributed by atoms with van der Waals surface area (Å²) < 4.78 is 14.0. The number of aromatic amines is 1. The number of hydrogen-bond acceptors (Lipinski definition) is 2. The van der Waals surface area contributed by atoms with Gasteiger partial charge in [-0.2, -0.15) is 0 Å². The van der Waals surface area contributed by atoms with Crippen LogP contribution in [0.15, 0.2) is 12.3 Å². The van der Waals surface area contributed by atoms with Gasteiger partial charge in [0.1, 0.15) is 17.2 Å². The third kappa shape index (κ3) is 2.03. The Morgan fingerprint density at radius 1 is 1.42 bits per heavy atom. The second-order valence-corrected chi connectivity index (χ2v) is 8.18. The minimum absolute atomic E-state index is 0.152. The van der Waals surface area contributed by atoms with Crippen molar-refractivity contribution in [1.29, 1.82) is 0 Å². The fraction of sp³-hybridized carbons (Fsp3) is 0.579. The first-order valence-corrected chi connectivity index (χ1v) is 8.74. The van der Waals surface area contributed by atoms with Crippen LogP contribution in [0.1, 0.15) is 49.7 Å². The molecular weight excluding hydrogens is 305 g/mol. The Morgan fingerprint density at radius 3 is 2.79 bits per heavy atom. The van der Waals surface area contributed by atoms with Gasteiger partial charge in [-0.25, -0.2) is 9.37 Å². The number of carbonyl (C=O) groups excluding carboxylic acids is 1. The zero-order valence-electron chi connectivity index (χ0n) is 14.6. The molecule has 3 aliphatic rings. The third-order valence-electron chi connectivity index (χ3n) is 6.79. The molecule has 5 rings (SSSR count). The zero-order valence-corrected chi connectivity index (χ0v) is 14.6. The molecule has 3 aliphatic carbocycles. The van der Waals surface area contributed by atoms with Gasteiger partial charge in [0.25, 0.3) is 5.91 Å². The van der Waals surface area contributed by atoms with Crippen LogP contribution < -0.4 is 5.32 Å². The number of H-pyrrole nitrogens is 1. The highest BCUT2D eigenvalue weighted by molar-refractivity contribution is 6.00. The summed E-state index contributed by atoms with van der Waals surface area (Å²) in [6, 6.07) is 1.52. The van der Waals surface area contributed by atoms with Crippen LogP contribution >= 0.6 is 0 Å². The molecule has 2 aromatic rings. The van der Waals surface area contributed by atoms with Crippen LogP contribution in [0.5, 0.6) is 0 Å². The van der Waals surface area contributed by atoms with E-state index in [0.29, 0.717) is 45.5 Å². The molecule has 2 bridgehead atoms. The maximum absolute atomic E-state index is 14.0. The second kappa shape index (κ2) is 5.04. The molecule has 0 spiro atoms. The summed E-state index contributed by atoms with van der Waals surface area (Å²) in [6.07, 6.45) is 3.72. The highest BCUT2D eigenvalue weighted by atomic mass is 19.1. The first kappa shape index (κ1) is 15.6. The highest BCUT2D eigenvalue weighted by Crippen LogP contribution is 2.61. The van der Waals surface area contributed by atoms with E-state index in [9.17, 15) is 9.18 Å². The largest absolute Gasteiger partial charge is 0.348 e. The fourth-order valence-corrected chi connectivity index (χ4v) is 5.03. The number of nitrogens with one attached hydrogen (secondary N) is 2. The quantitative estimate of drug-likeness (QED) is 0.880. The molecule has 128 valence electrons. The number of aromatic nitrogens is 2. The molecule has 2 aromatic heterocycles. The third-order valence-corrected chi connectivity index (χ3v) is 6.79. The number of fused-ring (bicyclic) bond motifs is 3. The van der Waals surface area contributed by atoms with Gasteiger partial charge in [0.2, 0.25) is 0 Å². The van der Waals surface area contributed by atoms with Gasteiger partial charge in [-0.1, -0.05) is 20.8 Å². The summed E-state index contributed by atoms with van der Waals surface area (Å²) in [5, 5.41) is 3.59. The number of rotatable bonds is 2. The smallest absolute Gasteiger partial charge is 0.268 e. The Labute approximate surface area is 141 Å². The number of pyridine rings is 1. The molecule has 1 amide bonds. The maximum atomic E-state index is 14.0. The molecule has 0 saturated heterocycles. The van der Waals surface area contributed by atoms with E-state index in [4.69, 9.17) is 0 Å². The Morgan fingerprint density at radius 2 is 2.17 bits per heavy atom. The van der Waals surface area contributed by atoms with Crippen molar-refractivity contribution in [2.45, 2.75) is 46.6 Å². The summed E-state index contributed by atoms with van der Waals surface area (Å²) in [7, 11) is 0. The van der Waals surface area contributed by atoms with Gasteiger partial charge in [-0.3, -0.25) is 4.79 Å². The SMILES string of the molecule is Cc1c(C(=O)N[C@H]2C[C@H]3C[C@@H]([C@@H]2C)C3(C)C)[nH]c2nccc(F)c12. The number of amides is 1. The van der Waals surface area contributed by atoms with E-state index < -0.39 is 0 Å². The lowest BCUT2D eigenvalue weighted by Crippen LogP contribution is -2.60. The summed E-state index contributed by atoms with van der Waals surface area (Å²) in [4.78, 5) is 19.9. The minimum Gasteiger partial charge on any atom is -0.348 e. The lowest BCUT2D eigenvalue weighted by atomic mass is 9.45. The normalized spacial score (nSPS) is 30.9. The maximum Gasteiger partial charge on any atom is 0.268 e. The monoisotopic (exact) mass is 329 g/mol. The van der Waals surface area contributed by atoms with Crippen molar-refractivity contribution in [3.05, 3.63) is 29.3 Å². The molecule has 3 saturated carbocycles. The van der Waals surface area contributed by atoms with Crippen LogP contribution in [-0.2, 0) is 0 Å². The number of halogens is 1. The van der Waals surface area contributed by atoms with Crippen LogP contribution in [0.25, 0.3) is 11.0 Å². The average molecular weight is 329 g/mol. The van der Waals surface area contributed by atoms with Gasteiger partial charge in [-0.15, -0.1) is 0 Å². The molecule has 3 fully saturated rings. The fourth-order valence-electron chi connectivity index (χ4n) is 5.03. The summed E-state index contributed by atoms with van der Waals surface area (Å²) in [5.41, 5.74) is 1.87. The topological polar surface area (TPSA) is 57.8 Å². The van der Waals surface area contributed by atoms with Crippen molar-refractivity contribution >= 4 is 16.9 Å². The molecule has 0 aromatic carbocycles. The standard InChI is InChI=1S/C19H24FN3O/c1-9-12-7-11(19(12,3)4)8-14(9)22-18(24)16-10(2)15-13(20)5-6-21-17(15)23-16/h5-6,9,11-12,14H,7-8H2,1-4H3,(H,21,23)(H,22,24)/t9-,11+,12-,14-/m0/s1. The lowest BCUT2D eigenvalue weighted by molar-refractivity contribution is -0.113. The zero-order chi connectivity index (χ0) is 17.2. The van der Waals surface area contributed by atoms with Crippen molar-refractivity contribution in [2.24, 2.45) is 23.2 Å². The summed E-state index contributed by atoms with van der Waals surface area (Å²) in [6.45, 7) is 8.70. The van der Waals surface area contributed by atoms with E-state index in [-0.39, 0.29) is 17.8 Å². The van der Waals surface area contributed by atoms with Gasteiger partial charge in [0.15, 0.2) is 0 Å². The van der Waals surface area contributed by atoms with Crippen LogP contribution in [0, 0.1) is 35.9 Å². The minimum atomic E-state index is -0.346.